The van der Waals surface area contributed by atoms with Gasteiger partial charge in [-0.15, -0.1) is 0 Å². The minimum atomic E-state index is 0.406. The van der Waals surface area contributed by atoms with Crippen LogP contribution in [0.4, 0.5) is 5.82 Å². The van der Waals surface area contributed by atoms with Crippen LogP contribution in [-0.2, 0) is 22.7 Å². The monoisotopic (exact) mass is 341 g/mol. The summed E-state index contributed by atoms with van der Waals surface area (Å²) in [4.78, 5) is 14.2. The Bertz CT molecular complexity index is 917. The zero-order valence-corrected chi connectivity index (χ0v) is 14.8. The fraction of sp³-hybridized carbons (Fsp3) is 0.389. The van der Waals surface area contributed by atoms with E-state index in [4.69, 9.17) is 20.3 Å². The van der Waals surface area contributed by atoms with Crippen molar-refractivity contribution in [2.24, 2.45) is 5.16 Å². The summed E-state index contributed by atoms with van der Waals surface area (Å²) in [6.45, 7) is 5.60. The molecule has 25 heavy (non-hydrogen) atoms. The maximum Gasteiger partial charge on any atom is 0.152 e. The topological polar surface area (TPSA) is 87.6 Å². The summed E-state index contributed by atoms with van der Waals surface area (Å²) < 4.78 is 7.71. The third-order valence-corrected chi connectivity index (χ3v) is 4.09. The van der Waals surface area contributed by atoms with E-state index in [0.29, 0.717) is 31.1 Å². The van der Waals surface area contributed by atoms with Crippen molar-refractivity contribution in [3.05, 3.63) is 30.1 Å². The van der Waals surface area contributed by atoms with Gasteiger partial charge in [-0.3, -0.25) is 0 Å². The maximum atomic E-state index is 6.17. The summed E-state index contributed by atoms with van der Waals surface area (Å²) in [7, 11) is 1.56. The van der Waals surface area contributed by atoms with Gasteiger partial charge in [0, 0.05) is 12.0 Å². The van der Waals surface area contributed by atoms with Crippen LogP contribution in [0.5, 0.6) is 0 Å². The highest BCUT2D eigenvalue weighted by Crippen LogP contribution is 2.29. The van der Waals surface area contributed by atoms with E-state index in [2.05, 4.69) is 14.7 Å². The quantitative estimate of drug-likeness (QED) is 0.527. The first kappa shape index (κ1) is 17.2. The Kier molecular flexibility index (Phi) is 5.14. The van der Waals surface area contributed by atoms with Crippen molar-refractivity contribution < 1.29 is 9.57 Å². The second-order valence-electron chi connectivity index (χ2n) is 5.66. The molecule has 0 radical (unpaired) electrons. The molecule has 0 bridgehead atoms. The van der Waals surface area contributed by atoms with Crippen LogP contribution >= 0.6 is 0 Å². The van der Waals surface area contributed by atoms with E-state index in [1.807, 2.05) is 38.1 Å². The largest absolute Gasteiger partial charge is 0.399 e. The fourth-order valence-electron chi connectivity index (χ4n) is 2.90. The number of benzene rings is 1. The highest BCUT2D eigenvalue weighted by Gasteiger charge is 2.18. The summed E-state index contributed by atoms with van der Waals surface area (Å²) >= 11 is 0. The molecule has 2 aromatic heterocycles. The minimum absolute atomic E-state index is 0.406. The van der Waals surface area contributed by atoms with Gasteiger partial charge < -0.3 is 19.9 Å². The van der Waals surface area contributed by atoms with Gasteiger partial charge in [-0.2, -0.15) is 0 Å². The Morgan fingerprint density at radius 1 is 1.24 bits per heavy atom. The molecular weight excluding hydrogens is 318 g/mol. The van der Waals surface area contributed by atoms with Crippen molar-refractivity contribution in [1.29, 1.82) is 0 Å². The first-order valence-electron chi connectivity index (χ1n) is 8.39. The Balaban J connectivity index is 2.27. The zero-order chi connectivity index (χ0) is 17.8. The average molecular weight is 341 g/mol. The van der Waals surface area contributed by atoms with Crippen molar-refractivity contribution >= 4 is 33.5 Å². The van der Waals surface area contributed by atoms with Crippen molar-refractivity contribution in [2.75, 3.05) is 19.5 Å². The lowest BCUT2D eigenvalue weighted by Crippen LogP contribution is -2.14. The zero-order valence-electron chi connectivity index (χ0n) is 14.8. The lowest BCUT2D eigenvalue weighted by molar-refractivity contribution is 0.126. The molecule has 7 heteroatoms. The van der Waals surface area contributed by atoms with E-state index >= 15 is 0 Å². The van der Waals surface area contributed by atoms with Crippen molar-refractivity contribution in [1.82, 2.24) is 14.5 Å². The molecule has 0 saturated heterocycles. The number of nitrogen functional groups attached to an aromatic ring is 1. The summed E-state index contributed by atoms with van der Waals surface area (Å²) in [5.74, 6) is 1.23. The number of oxime groups is 1. The van der Waals surface area contributed by atoms with E-state index in [1.165, 1.54) is 0 Å². The molecule has 0 unspecified atom stereocenters. The number of hydrogen-bond donors (Lipinski definition) is 1. The van der Waals surface area contributed by atoms with Crippen molar-refractivity contribution in [2.45, 2.75) is 33.4 Å². The van der Waals surface area contributed by atoms with Crippen LogP contribution in [0.1, 0.15) is 26.1 Å². The van der Waals surface area contributed by atoms with Crippen LogP contribution < -0.4 is 5.73 Å². The highest BCUT2D eigenvalue weighted by molar-refractivity contribution is 6.07. The molecule has 0 saturated carbocycles. The van der Waals surface area contributed by atoms with Crippen LogP contribution in [0.15, 0.2) is 29.4 Å². The molecule has 0 aliphatic carbocycles. The maximum absolute atomic E-state index is 6.17. The van der Waals surface area contributed by atoms with Gasteiger partial charge in [0.25, 0.3) is 0 Å². The third kappa shape index (κ3) is 3.28. The number of para-hydroxylation sites is 1. The standard InChI is InChI=1S/C18H23N5O2/c1-4-12(22-24-3)10-23-15(11-25-5-2)21-16-17(23)13-8-6-7-9-14(13)20-18(16)19/h6-9H,4-5,10-11H2,1-3H3,(H2,19,20). The van der Waals surface area contributed by atoms with Gasteiger partial charge in [-0.1, -0.05) is 30.3 Å². The smallest absolute Gasteiger partial charge is 0.152 e. The lowest BCUT2D eigenvalue weighted by Gasteiger charge is -2.11. The molecular formula is C18H23N5O2. The number of ether oxygens (including phenoxy) is 1. The average Bonchev–Trinajstić information content (AvgIpc) is 2.99. The number of nitrogens with two attached hydrogens (primary N) is 1. The number of aromatic nitrogens is 3. The SMILES string of the molecule is CCOCc1nc2c(N)nc3ccccc3c2n1CC(CC)=NOC. The van der Waals surface area contributed by atoms with Crippen LogP contribution in [0.3, 0.4) is 0 Å². The third-order valence-electron chi connectivity index (χ3n) is 4.09. The molecule has 0 atom stereocenters. The Morgan fingerprint density at radius 3 is 2.76 bits per heavy atom. The molecule has 3 rings (SSSR count). The predicted octanol–water partition coefficient (Wildman–Crippen LogP) is 3.12. The highest BCUT2D eigenvalue weighted by atomic mass is 16.6. The van der Waals surface area contributed by atoms with E-state index in [-0.39, 0.29) is 0 Å². The van der Waals surface area contributed by atoms with E-state index < -0.39 is 0 Å². The number of rotatable bonds is 7. The van der Waals surface area contributed by atoms with Crippen LogP contribution in [0.2, 0.25) is 0 Å². The van der Waals surface area contributed by atoms with E-state index in [0.717, 1.165) is 34.4 Å². The Labute approximate surface area is 146 Å². The van der Waals surface area contributed by atoms with Gasteiger partial charge in [-0.25, -0.2) is 9.97 Å². The van der Waals surface area contributed by atoms with Crippen molar-refractivity contribution in [3.8, 4) is 0 Å². The first-order valence-corrected chi connectivity index (χ1v) is 8.39. The molecule has 132 valence electrons. The first-order chi connectivity index (χ1) is 12.2. The van der Waals surface area contributed by atoms with Crippen LogP contribution in [-0.4, -0.2) is 34.0 Å². The Morgan fingerprint density at radius 2 is 2.04 bits per heavy atom. The summed E-state index contributed by atoms with van der Waals surface area (Å²) in [5.41, 5.74) is 9.58. The number of imidazole rings is 1. The molecule has 2 N–H and O–H groups in total. The number of hydrogen-bond acceptors (Lipinski definition) is 6. The number of fused-ring (bicyclic) bond motifs is 3. The van der Waals surface area contributed by atoms with E-state index in [1.54, 1.807) is 7.11 Å². The van der Waals surface area contributed by atoms with E-state index in [9.17, 15) is 0 Å². The second-order valence-corrected chi connectivity index (χ2v) is 5.66. The summed E-state index contributed by atoms with van der Waals surface area (Å²) in [6.07, 6.45) is 0.778. The molecule has 0 fully saturated rings. The van der Waals surface area contributed by atoms with Gasteiger partial charge in [0.05, 0.1) is 23.3 Å². The fourth-order valence-corrected chi connectivity index (χ4v) is 2.90. The molecule has 2 heterocycles. The number of anilines is 1. The molecule has 3 aromatic rings. The number of nitrogens with zero attached hydrogens (tertiary/aromatic N) is 4. The molecule has 0 amide bonds. The summed E-state index contributed by atoms with van der Waals surface area (Å²) in [6, 6.07) is 7.93. The molecule has 7 nitrogen and oxygen atoms in total. The molecule has 0 aliphatic heterocycles. The minimum Gasteiger partial charge on any atom is -0.399 e. The van der Waals surface area contributed by atoms with Gasteiger partial charge in [0.2, 0.25) is 0 Å². The van der Waals surface area contributed by atoms with Crippen molar-refractivity contribution in [3.63, 3.8) is 0 Å². The van der Waals surface area contributed by atoms with Gasteiger partial charge in [0.1, 0.15) is 25.1 Å². The van der Waals surface area contributed by atoms with Gasteiger partial charge >= 0.3 is 0 Å². The Hall–Kier alpha value is -2.67. The second kappa shape index (κ2) is 7.48. The molecule has 0 spiro atoms. The predicted molar refractivity (Wildman–Crippen MR) is 99.5 cm³/mol. The summed E-state index contributed by atoms with van der Waals surface area (Å²) in [5, 5.41) is 5.14. The molecule has 0 aliphatic rings. The van der Waals surface area contributed by atoms with Gasteiger partial charge in [-0.05, 0) is 19.4 Å². The normalized spacial score (nSPS) is 12.2. The molecule has 1 aromatic carbocycles. The number of pyridine rings is 1. The lowest BCUT2D eigenvalue weighted by atomic mass is 10.2. The van der Waals surface area contributed by atoms with Crippen LogP contribution in [0, 0.1) is 0 Å². The van der Waals surface area contributed by atoms with Gasteiger partial charge in [0.15, 0.2) is 5.82 Å². The van der Waals surface area contributed by atoms with Crippen LogP contribution in [0.25, 0.3) is 21.9 Å².